The van der Waals surface area contributed by atoms with Crippen LogP contribution < -0.4 is 0 Å². The van der Waals surface area contributed by atoms with E-state index in [4.69, 9.17) is 0 Å². The first kappa shape index (κ1) is 10.2. The third-order valence-electron chi connectivity index (χ3n) is 3.47. The van der Waals surface area contributed by atoms with Crippen molar-refractivity contribution in [3.05, 3.63) is 24.4 Å². The summed E-state index contributed by atoms with van der Waals surface area (Å²) in [4.78, 5) is 3.79. The fraction of sp³-hybridized carbons (Fsp3) is 0.583. The van der Waals surface area contributed by atoms with E-state index in [2.05, 4.69) is 32.1 Å². The molecule has 1 nitrogen and oxygen atoms in total. The molecule has 1 saturated carbocycles. The molecule has 0 aromatic carbocycles. The first-order chi connectivity index (χ1) is 6.12. The summed E-state index contributed by atoms with van der Waals surface area (Å²) in [6, 6.07) is 0. The van der Waals surface area contributed by atoms with Crippen LogP contribution in [0.3, 0.4) is 0 Å². The van der Waals surface area contributed by atoms with Gasteiger partial charge in [-0.15, -0.1) is 0 Å². The second-order valence-corrected chi connectivity index (χ2v) is 4.36. The van der Waals surface area contributed by atoms with Gasteiger partial charge in [-0.1, -0.05) is 26.5 Å². The van der Waals surface area contributed by atoms with Gasteiger partial charge in [0.05, 0.1) is 0 Å². The highest BCUT2D eigenvalue weighted by Gasteiger charge is 2.39. The topological polar surface area (TPSA) is 12.4 Å². The summed E-state index contributed by atoms with van der Waals surface area (Å²) in [5, 5.41) is 0. The summed E-state index contributed by atoms with van der Waals surface area (Å²) in [7, 11) is 0. The SMILES string of the molecule is C=C/C(=C\N=C)CC1(C)CCC1C. The van der Waals surface area contributed by atoms with Crippen molar-refractivity contribution in [3.8, 4) is 0 Å². The number of rotatable bonds is 4. The minimum atomic E-state index is 0.477. The molecule has 0 heterocycles. The largest absolute Gasteiger partial charge is 0.272 e. The molecular weight excluding hydrogens is 158 g/mol. The Morgan fingerprint density at radius 1 is 1.69 bits per heavy atom. The lowest BCUT2D eigenvalue weighted by Crippen LogP contribution is -2.35. The van der Waals surface area contributed by atoms with E-state index in [9.17, 15) is 0 Å². The summed E-state index contributed by atoms with van der Waals surface area (Å²) in [5.41, 5.74) is 1.69. The average molecular weight is 177 g/mol. The minimum Gasteiger partial charge on any atom is -0.272 e. The highest BCUT2D eigenvalue weighted by Crippen LogP contribution is 2.50. The van der Waals surface area contributed by atoms with Gasteiger partial charge >= 0.3 is 0 Å². The molecule has 0 amide bonds. The van der Waals surface area contributed by atoms with Crippen LogP contribution in [-0.4, -0.2) is 6.72 Å². The maximum atomic E-state index is 3.79. The second kappa shape index (κ2) is 3.91. The molecule has 72 valence electrons. The standard InChI is InChI=1S/C12H19N/c1-5-11(9-13-4)8-12(3)7-6-10(12)2/h5,9-10H,1,4,6-8H2,2-3H3/b11-9+. The van der Waals surface area contributed by atoms with Gasteiger partial charge in [-0.05, 0) is 42.9 Å². The second-order valence-electron chi connectivity index (χ2n) is 4.36. The van der Waals surface area contributed by atoms with Gasteiger partial charge in [0.2, 0.25) is 0 Å². The van der Waals surface area contributed by atoms with Gasteiger partial charge in [-0.25, -0.2) is 0 Å². The van der Waals surface area contributed by atoms with Crippen LogP contribution in [0.25, 0.3) is 0 Å². The van der Waals surface area contributed by atoms with Gasteiger partial charge in [0, 0.05) is 6.20 Å². The predicted molar refractivity (Wildman–Crippen MR) is 59.0 cm³/mol. The fourth-order valence-electron chi connectivity index (χ4n) is 1.94. The molecule has 0 spiro atoms. The molecule has 0 N–H and O–H groups in total. The van der Waals surface area contributed by atoms with Crippen LogP contribution in [0.4, 0.5) is 0 Å². The lowest BCUT2D eigenvalue weighted by molar-refractivity contribution is 0.0672. The summed E-state index contributed by atoms with van der Waals surface area (Å²) in [6.07, 6.45) is 7.50. The third-order valence-corrected chi connectivity index (χ3v) is 3.47. The van der Waals surface area contributed by atoms with Gasteiger partial charge in [-0.3, -0.25) is 4.99 Å². The maximum absolute atomic E-state index is 3.79. The average Bonchev–Trinajstić information content (AvgIpc) is 2.14. The van der Waals surface area contributed by atoms with Crippen molar-refractivity contribution in [2.24, 2.45) is 16.3 Å². The van der Waals surface area contributed by atoms with Crippen molar-refractivity contribution in [1.29, 1.82) is 0 Å². The van der Waals surface area contributed by atoms with E-state index in [-0.39, 0.29) is 0 Å². The van der Waals surface area contributed by atoms with Crippen LogP contribution >= 0.6 is 0 Å². The van der Waals surface area contributed by atoms with E-state index in [1.54, 1.807) is 0 Å². The number of allylic oxidation sites excluding steroid dienone is 2. The molecule has 1 heteroatoms. The molecule has 1 aliphatic carbocycles. The summed E-state index contributed by atoms with van der Waals surface area (Å²) in [5.74, 6) is 0.834. The van der Waals surface area contributed by atoms with Crippen LogP contribution in [-0.2, 0) is 0 Å². The summed E-state index contributed by atoms with van der Waals surface area (Å²) >= 11 is 0. The first-order valence-electron chi connectivity index (χ1n) is 4.89. The van der Waals surface area contributed by atoms with Gasteiger partial charge in [0.25, 0.3) is 0 Å². The Balaban J connectivity index is 2.60. The van der Waals surface area contributed by atoms with E-state index < -0.39 is 0 Å². The highest BCUT2D eigenvalue weighted by molar-refractivity contribution is 5.29. The van der Waals surface area contributed by atoms with E-state index in [0.29, 0.717) is 5.41 Å². The Kier molecular flexibility index (Phi) is 3.07. The molecule has 1 fully saturated rings. The number of aliphatic imine (C=N–C) groups is 1. The molecule has 0 radical (unpaired) electrons. The Labute approximate surface area is 81.3 Å². The van der Waals surface area contributed by atoms with Crippen molar-refractivity contribution in [2.75, 3.05) is 0 Å². The van der Waals surface area contributed by atoms with Crippen molar-refractivity contribution in [2.45, 2.75) is 33.1 Å². The van der Waals surface area contributed by atoms with Gasteiger partial charge in [-0.2, -0.15) is 0 Å². The van der Waals surface area contributed by atoms with Crippen molar-refractivity contribution >= 4 is 6.72 Å². The lowest BCUT2D eigenvalue weighted by atomic mass is 9.59. The molecular formula is C12H19N. The zero-order chi connectivity index (χ0) is 9.90. The number of hydrogen-bond donors (Lipinski definition) is 0. The van der Waals surface area contributed by atoms with E-state index in [1.807, 2.05) is 12.3 Å². The molecule has 2 atom stereocenters. The Morgan fingerprint density at radius 3 is 2.69 bits per heavy atom. The first-order valence-corrected chi connectivity index (χ1v) is 4.89. The van der Waals surface area contributed by atoms with Gasteiger partial charge in [0.15, 0.2) is 0 Å². The maximum Gasteiger partial charge on any atom is 0.0292 e. The van der Waals surface area contributed by atoms with Crippen LogP contribution in [0.2, 0.25) is 0 Å². The molecule has 2 unspecified atom stereocenters. The molecule has 0 aromatic heterocycles. The van der Waals surface area contributed by atoms with Gasteiger partial charge < -0.3 is 0 Å². The van der Waals surface area contributed by atoms with Crippen LogP contribution in [0.5, 0.6) is 0 Å². The molecule has 0 saturated heterocycles. The van der Waals surface area contributed by atoms with Crippen molar-refractivity contribution in [1.82, 2.24) is 0 Å². The lowest BCUT2D eigenvalue weighted by Gasteiger charge is -2.46. The van der Waals surface area contributed by atoms with E-state index in [1.165, 1.54) is 18.4 Å². The van der Waals surface area contributed by atoms with E-state index in [0.717, 1.165) is 12.3 Å². The predicted octanol–water partition coefficient (Wildman–Crippen LogP) is 3.58. The Morgan fingerprint density at radius 2 is 2.38 bits per heavy atom. The normalized spacial score (nSPS) is 33.7. The van der Waals surface area contributed by atoms with Crippen LogP contribution in [0.1, 0.15) is 33.1 Å². The molecule has 0 aliphatic heterocycles. The van der Waals surface area contributed by atoms with Crippen molar-refractivity contribution in [3.63, 3.8) is 0 Å². The molecule has 1 rings (SSSR count). The highest BCUT2D eigenvalue weighted by atomic mass is 14.6. The molecule has 0 bridgehead atoms. The van der Waals surface area contributed by atoms with Gasteiger partial charge in [0.1, 0.15) is 0 Å². The Hall–Kier alpha value is -0.850. The Bertz CT molecular complexity index is 240. The van der Waals surface area contributed by atoms with Crippen molar-refractivity contribution < 1.29 is 0 Å². The van der Waals surface area contributed by atoms with Crippen LogP contribution in [0, 0.1) is 11.3 Å². The summed E-state index contributed by atoms with van der Waals surface area (Å²) < 4.78 is 0. The number of nitrogens with zero attached hydrogens (tertiary/aromatic N) is 1. The zero-order valence-electron chi connectivity index (χ0n) is 8.71. The monoisotopic (exact) mass is 177 g/mol. The smallest absolute Gasteiger partial charge is 0.0292 e. The number of hydrogen-bond acceptors (Lipinski definition) is 1. The molecule has 13 heavy (non-hydrogen) atoms. The van der Waals surface area contributed by atoms with E-state index >= 15 is 0 Å². The minimum absolute atomic E-state index is 0.477. The van der Waals surface area contributed by atoms with Crippen LogP contribution in [0.15, 0.2) is 29.4 Å². The quantitative estimate of drug-likeness (QED) is 0.459. The third kappa shape index (κ3) is 2.09. The zero-order valence-corrected chi connectivity index (χ0v) is 8.71. The molecule has 0 aromatic rings. The summed E-state index contributed by atoms with van der Waals surface area (Å²) in [6.45, 7) is 11.9. The fourth-order valence-corrected chi connectivity index (χ4v) is 1.94. The molecule has 1 aliphatic rings.